The van der Waals surface area contributed by atoms with Crippen LogP contribution >= 0.6 is 11.6 Å². The molecule has 3 aromatic carbocycles. The number of aryl methyl sites for hydroxylation is 1. The second kappa shape index (κ2) is 11.1. The first-order valence-electron chi connectivity index (χ1n) is 11.8. The van der Waals surface area contributed by atoms with Crippen molar-refractivity contribution >= 4 is 26.6 Å². The SMILES string of the molecule is COc1cc(C)c(C(CC2(c3ccccc3)CCCC[Se]2)c2ccc(Cl)cc2)c(OC)c1OC. The minimum absolute atomic E-state index is 0.132. The van der Waals surface area contributed by atoms with E-state index in [1.165, 1.54) is 41.3 Å². The van der Waals surface area contributed by atoms with Crippen LogP contribution in [0.15, 0.2) is 60.7 Å². The first kappa shape index (κ1) is 25.0. The van der Waals surface area contributed by atoms with E-state index in [0.29, 0.717) is 26.5 Å². The predicted molar refractivity (Wildman–Crippen MR) is 141 cm³/mol. The molecular weight excluding hydrogens is 511 g/mol. The molecule has 0 bridgehead atoms. The fourth-order valence-corrected chi connectivity index (χ4v) is 8.76. The summed E-state index contributed by atoms with van der Waals surface area (Å²) >= 11 is 6.81. The van der Waals surface area contributed by atoms with Crippen LogP contribution in [0.25, 0.3) is 0 Å². The molecule has 1 fully saturated rings. The van der Waals surface area contributed by atoms with Crippen molar-refractivity contribution in [2.75, 3.05) is 21.3 Å². The van der Waals surface area contributed by atoms with Crippen molar-refractivity contribution in [3.8, 4) is 17.2 Å². The summed E-state index contributed by atoms with van der Waals surface area (Å²) < 4.78 is 17.6. The molecule has 0 amide bonds. The van der Waals surface area contributed by atoms with E-state index >= 15 is 0 Å². The molecule has 0 aromatic heterocycles. The summed E-state index contributed by atoms with van der Waals surface area (Å²) in [5.74, 6) is 2.22. The number of halogens is 1. The van der Waals surface area contributed by atoms with Gasteiger partial charge in [0.15, 0.2) is 0 Å². The summed E-state index contributed by atoms with van der Waals surface area (Å²) in [6, 6.07) is 21.5. The van der Waals surface area contributed by atoms with Gasteiger partial charge in [-0.05, 0) is 0 Å². The number of hydrogen-bond donors (Lipinski definition) is 0. The average Bonchev–Trinajstić information content (AvgIpc) is 2.88. The van der Waals surface area contributed by atoms with Gasteiger partial charge in [-0.25, -0.2) is 0 Å². The third kappa shape index (κ3) is 4.96. The number of rotatable bonds is 8. The topological polar surface area (TPSA) is 27.7 Å². The molecule has 3 aromatic rings. The molecule has 1 aliphatic heterocycles. The standard InChI is InChI=1S/C29H33ClO3Se/c1-20-18-25(31-2)27(32-3)28(33-4)26(20)24(21-12-14-23(30)15-13-21)19-29(16-8-9-17-34-29)22-10-6-5-7-11-22/h5-7,10-15,18,24H,8-9,16-17,19H2,1-4H3. The van der Waals surface area contributed by atoms with Crippen molar-refractivity contribution in [1.82, 2.24) is 0 Å². The van der Waals surface area contributed by atoms with Crippen molar-refractivity contribution in [2.45, 2.75) is 48.2 Å². The Morgan fingerprint density at radius 3 is 2.21 bits per heavy atom. The second-order valence-corrected chi connectivity index (χ2v) is 12.4. The molecule has 2 unspecified atom stereocenters. The summed E-state index contributed by atoms with van der Waals surface area (Å²) in [4.78, 5) is 0. The van der Waals surface area contributed by atoms with E-state index in [1.54, 1.807) is 21.3 Å². The summed E-state index contributed by atoms with van der Waals surface area (Å²) in [6.45, 7) is 2.14. The molecule has 4 rings (SSSR count). The normalized spacial score (nSPS) is 18.9. The van der Waals surface area contributed by atoms with Crippen molar-refractivity contribution in [3.63, 3.8) is 0 Å². The van der Waals surface area contributed by atoms with Crippen LogP contribution in [0.5, 0.6) is 17.2 Å². The molecule has 2 atom stereocenters. The Bertz CT molecular complexity index is 1090. The van der Waals surface area contributed by atoms with E-state index in [9.17, 15) is 0 Å². The summed E-state index contributed by atoms with van der Waals surface area (Å²) in [5, 5.41) is 2.07. The van der Waals surface area contributed by atoms with Crippen molar-refractivity contribution in [1.29, 1.82) is 0 Å². The van der Waals surface area contributed by atoms with E-state index < -0.39 is 0 Å². The van der Waals surface area contributed by atoms with E-state index in [1.807, 2.05) is 12.1 Å². The van der Waals surface area contributed by atoms with Gasteiger partial charge in [0.25, 0.3) is 0 Å². The van der Waals surface area contributed by atoms with Crippen LogP contribution in [0.2, 0.25) is 10.3 Å². The molecule has 0 saturated carbocycles. The Morgan fingerprint density at radius 1 is 0.912 bits per heavy atom. The van der Waals surface area contributed by atoms with Crippen LogP contribution in [0, 0.1) is 6.92 Å². The Kier molecular flexibility index (Phi) is 8.14. The fraction of sp³-hybridized carbons (Fsp3) is 0.379. The molecule has 5 heteroatoms. The minimum atomic E-state index is 0.132. The van der Waals surface area contributed by atoms with Gasteiger partial charge in [0.2, 0.25) is 0 Å². The van der Waals surface area contributed by atoms with Crippen LogP contribution in [-0.2, 0) is 4.31 Å². The van der Waals surface area contributed by atoms with E-state index in [-0.39, 0.29) is 10.2 Å². The van der Waals surface area contributed by atoms with Gasteiger partial charge in [-0.1, -0.05) is 0 Å². The second-order valence-electron chi connectivity index (χ2n) is 8.85. The zero-order chi connectivity index (χ0) is 24.1. The van der Waals surface area contributed by atoms with Gasteiger partial charge in [-0.3, -0.25) is 0 Å². The van der Waals surface area contributed by atoms with E-state index in [4.69, 9.17) is 25.8 Å². The number of ether oxygens (including phenoxy) is 3. The zero-order valence-electron chi connectivity index (χ0n) is 20.4. The van der Waals surface area contributed by atoms with Gasteiger partial charge >= 0.3 is 215 Å². The quantitative estimate of drug-likeness (QED) is 0.277. The van der Waals surface area contributed by atoms with Gasteiger partial charge in [-0.15, -0.1) is 0 Å². The predicted octanol–water partition coefficient (Wildman–Crippen LogP) is 7.40. The van der Waals surface area contributed by atoms with Gasteiger partial charge < -0.3 is 0 Å². The zero-order valence-corrected chi connectivity index (χ0v) is 22.9. The summed E-state index contributed by atoms with van der Waals surface area (Å²) in [6.07, 6.45) is 4.84. The number of methoxy groups -OCH3 is 3. The average molecular weight is 544 g/mol. The van der Waals surface area contributed by atoms with Gasteiger partial charge in [0.05, 0.1) is 0 Å². The van der Waals surface area contributed by atoms with Crippen molar-refractivity contribution < 1.29 is 14.2 Å². The number of benzene rings is 3. The monoisotopic (exact) mass is 544 g/mol. The molecule has 180 valence electrons. The Morgan fingerprint density at radius 2 is 1.62 bits per heavy atom. The molecule has 0 spiro atoms. The van der Waals surface area contributed by atoms with Crippen LogP contribution in [-0.4, -0.2) is 36.3 Å². The summed E-state index contributed by atoms with van der Waals surface area (Å²) in [7, 11) is 5.06. The fourth-order valence-electron chi connectivity index (χ4n) is 5.25. The maximum atomic E-state index is 6.30. The van der Waals surface area contributed by atoms with E-state index in [0.717, 1.165) is 22.8 Å². The molecule has 1 aliphatic rings. The third-order valence-electron chi connectivity index (χ3n) is 6.88. The Labute approximate surface area is 214 Å². The maximum absolute atomic E-state index is 6.30. The molecule has 0 aliphatic carbocycles. The molecule has 0 radical (unpaired) electrons. The Balaban J connectivity index is 1.92. The van der Waals surface area contributed by atoms with Crippen molar-refractivity contribution in [3.05, 3.63) is 87.9 Å². The van der Waals surface area contributed by atoms with E-state index in [2.05, 4.69) is 55.5 Å². The van der Waals surface area contributed by atoms with Gasteiger partial charge in [0.1, 0.15) is 0 Å². The van der Waals surface area contributed by atoms with Crippen LogP contribution < -0.4 is 14.2 Å². The van der Waals surface area contributed by atoms with Crippen molar-refractivity contribution in [2.24, 2.45) is 0 Å². The van der Waals surface area contributed by atoms with Crippen LogP contribution in [0.3, 0.4) is 0 Å². The molecule has 0 N–H and O–H groups in total. The Hall–Kier alpha value is -2.13. The molecular formula is C29H33ClO3Se. The molecule has 34 heavy (non-hydrogen) atoms. The molecule has 1 heterocycles. The summed E-state index contributed by atoms with van der Waals surface area (Å²) in [5.41, 5.74) is 5.01. The van der Waals surface area contributed by atoms with Gasteiger partial charge in [0, 0.05) is 0 Å². The first-order valence-corrected chi connectivity index (χ1v) is 14.2. The van der Waals surface area contributed by atoms with Gasteiger partial charge in [-0.2, -0.15) is 0 Å². The number of hydrogen-bond acceptors (Lipinski definition) is 3. The third-order valence-corrected chi connectivity index (χ3v) is 10.6. The van der Waals surface area contributed by atoms with Crippen LogP contribution in [0.4, 0.5) is 0 Å². The van der Waals surface area contributed by atoms with Crippen LogP contribution in [0.1, 0.15) is 53.9 Å². The molecule has 3 nitrogen and oxygen atoms in total. The molecule has 1 saturated heterocycles. The first-order chi connectivity index (χ1) is 16.5.